The first-order chi connectivity index (χ1) is 12.0. The van der Waals surface area contributed by atoms with Gasteiger partial charge in [-0.2, -0.15) is 5.10 Å². The topological polar surface area (TPSA) is 64.2 Å². The average molecular weight is 336 g/mol. The molecule has 0 N–H and O–H groups in total. The second-order valence-corrected chi connectivity index (χ2v) is 6.06. The van der Waals surface area contributed by atoms with Crippen LogP contribution >= 0.6 is 0 Å². The van der Waals surface area contributed by atoms with Crippen molar-refractivity contribution in [2.24, 2.45) is 0 Å². The van der Waals surface area contributed by atoms with Crippen LogP contribution in [0.5, 0.6) is 0 Å². The Morgan fingerprint density at radius 1 is 1.20 bits per heavy atom. The van der Waals surface area contributed by atoms with Gasteiger partial charge in [-0.15, -0.1) is 0 Å². The molecule has 6 heteroatoms. The molecular formula is C19H20N4O2. The highest BCUT2D eigenvalue weighted by atomic mass is 16.6. The third-order valence-electron chi connectivity index (χ3n) is 4.36. The van der Waals surface area contributed by atoms with Crippen molar-refractivity contribution in [1.82, 2.24) is 14.7 Å². The number of hydrogen-bond acceptors (Lipinski definition) is 4. The van der Waals surface area contributed by atoms with Crippen LogP contribution in [0, 0.1) is 10.1 Å². The Balaban J connectivity index is 1.70. The number of nitro benzene ring substituents is 1. The van der Waals surface area contributed by atoms with E-state index >= 15 is 0 Å². The Bertz CT molecular complexity index is 844. The van der Waals surface area contributed by atoms with Gasteiger partial charge in [-0.25, -0.2) is 4.68 Å². The van der Waals surface area contributed by atoms with Crippen LogP contribution in [0.4, 0.5) is 5.69 Å². The highest BCUT2D eigenvalue weighted by molar-refractivity contribution is 5.36. The van der Waals surface area contributed by atoms with Gasteiger partial charge in [-0.3, -0.25) is 15.0 Å². The van der Waals surface area contributed by atoms with E-state index in [4.69, 9.17) is 0 Å². The Hall–Kier alpha value is -2.99. The van der Waals surface area contributed by atoms with Crippen LogP contribution in [0.3, 0.4) is 0 Å². The van der Waals surface area contributed by atoms with Gasteiger partial charge in [0.1, 0.15) is 0 Å². The highest BCUT2D eigenvalue weighted by Crippen LogP contribution is 2.24. The standard InChI is InChI=1S/C19H20N4O2/c1-15(17-5-3-6-19(13-17)23(24)25)21(2)14-16-7-9-18(10-8-16)22-12-4-11-20-22/h3-13,15H,14H2,1-2H3/t15-/m1/s1. The van der Waals surface area contributed by atoms with E-state index in [1.807, 2.05) is 42.2 Å². The fourth-order valence-corrected chi connectivity index (χ4v) is 2.75. The fraction of sp³-hybridized carbons (Fsp3) is 0.211. The molecule has 0 spiro atoms. The van der Waals surface area contributed by atoms with Crippen LogP contribution in [0.15, 0.2) is 67.0 Å². The van der Waals surface area contributed by atoms with Crippen molar-refractivity contribution >= 4 is 5.69 Å². The maximum absolute atomic E-state index is 11.0. The number of rotatable bonds is 6. The Labute approximate surface area is 146 Å². The molecule has 1 heterocycles. The van der Waals surface area contributed by atoms with Crippen LogP contribution in [0.25, 0.3) is 5.69 Å². The molecule has 0 saturated heterocycles. The van der Waals surface area contributed by atoms with Gasteiger partial charge in [-0.1, -0.05) is 24.3 Å². The summed E-state index contributed by atoms with van der Waals surface area (Å²) in [5.74, 6) is 0. The van der Waals surface area contributed by atoms with E-state index in [9.17, 15) is 10.1 Å². The molecule has 0 aliphatic carbocycles. The van der Waals surface area contributed by atoms with Gasteiger partial charge in [0.25, 0.3) is 5.69 Å². The molecule has 128 valence electrons. The number of non-ortho nitro benzene ring substituents is 1. The summed E-state index contributed by atoms with van der Waals surface area (Å²) in [6, 6.07) is 17.0. The molecule has 1 atom stereocenters. The number of aromatic nitrogens is 2. The maximum Gasteiger partial charge on any atom is 0.269 e. The average Bonchev–Trinajstić information content (AvgIpc) is 3.16. The summed E-state index contributed by atoms with van der Waals surface area (Å²) in [6.07, 6.45) is 3.66. The van der Waals surface area contributed by atoms with Crippen LogP contribution in [-0.4, -0.2) is 26.7 Å². The van der Waals surface area contributed by atoms with Gasteiger partial charge in [-0.05, 0) is 43.3 Å². The molecule has 0 amide bonds. The molecule has 3 rings (SSSR count). The summed E-state index contributed by atoms with van der Waals surface area (Å²) in [4.78, 5) is 12.8. The van der Waals surface area contributed by atoms with Gasteiger partial charge in [0.2, 0.25) is 0 Å². The van der Waals surface area contributed by atoms with Crippen molar-refractivity contribution in [2.45, 2.75) is 19.5 Å². The van der Waals surface area contributed by atoms with E-state index < -0.39 is 0 Å². The van der Waals surface area contributed by atoms with E-state index in [1.165, 1.54) is 11.6 Å². The van der Waals surface area contributed by atoms with Crippen molar-refractivity contribution in [3.05, 3.63) is 88.2 Å². The predicted octanol–water partition coefficient (Wildman–Crippen LogP) is 3.97. The normalized spacial score (nSPS) is 12.3. The number of benzene rings is 2. The number of hydrogen-bond donors (Lipinski definition) is 0. The van der Waals surface area contributed by atoms with Crippen molar-refractivity contribution in [1.29, 1.82) is 0 Å². The molecule has 0 radical (unpaired) electrons. The lowest BCUT2D eigenvalue weighted by molar-refractivity contribution is -0.384. The van der Waals surface area contributed by atoms with Crippen molar-refractivity contribution in [3.63, 3.8) is 0 Å². The lowest BCUT2D eigenvalue weighted by atomic mass is 10.1. The zero-order valence-electron chi connectivity index (χ0n) is 14.2. The molecule has 6 nitrogen and oxygen atoms in total. The van der Waals surface area contributed by atoms with Crippen molar-refractivity contribution in [2.75, 3.05) is 7.05 Å². The zero-order valence-corrected chi connectivity index (χ0v) is 14.2. The van der Waals surface area contributed by atoms with E-state index in [0.717, 1.165) is 17.8 Å². The lowest BCUT2D eigenvalue weighted by Crippen LogP contribution is -2.22. The van der Waals surface area contributed by atoms with Gasteiger partial charge in [0.05, 0.1) is 10.6 Å². The predicted molar refractivity (Wildman–Crippen MR) is 96.5 cm³/mol. The molecule has 3 aromatic rings. The molecule has 2 aromatic carbocycles. The third kappa shape index (κ3) is 3.92. The smallest absolute Gasteiger partial charge is 0.269 e. The van der Waals surface area contributed by atoms with Crippen LogP contribution in [0.1, 0.15) is 24.1 Å². The summed E-state index contributed by atoms with van der Waals surface area (Å²) < 4.78 is 1.82. The lowest BCUT2D eigenvalue weighted by Gasteiger charge is -2.25. The Morgan fingerprint density at radius 3 is 2.60 bits per heavy atom. The summed E-state index contributed by atoms with van der Waals surface area (Å²) in [5.41, 5.74) is 3.25. The van der Waals surface area contributed by atoms with Crippen molar-refractivity contribution in [3.8, 4) is 5.69 Å². The van der Waals surface area contributed by atoms with Gasteiger partial charge < -0.3 is 0 Å². The van der Waals surface area contributed by atoms with E-state index in [-0.39, 0.29) is 16.7 Å². The molecular weight excluding hydrogens is 316 g/mol. The first-order valence-electron chi connectivity index (χ1n) is 8.08. The Morgan fingerprint density at radius 2 is 1.96 bits per heavy atom. The molecule has 0 saturated carbocycles. The molecule has 0 aliphatic rings. The summed E-state index contributed by atoms with van der Waals surface area (Å²) in [7, 11) is 2.02. The maximum atomic E-state index is 11.0. The van der Waals surface area contributed by atoms with Gasteiger partial charge >= 0.3 is 0 Å². The zero-order chi connectivity index (χ0) is 17.8. The van der Waals surface area contributed by atoms with Crippen molar-refractivity contribution < 1.29 is 4.92 Å². The first kappa shape index (κ1) is 16.9. The van der Waals surface area contributed by atoms with Crippen LogP contribution in [-0.2, 0) is 6.54 Å². The molecule has 1 aromatic heterocycles. The van der Waals surface area contributed by atoms with E-state index in [0.29, 0.717) is 0 Å². The quantitative estimate of drug-likeness (QED) is 0.504. The van der Waals surface area contributed by atoms with Crippen LogP contribution < -0.4 is 0 Å². The second kappa shape index (κ2) is 7.27. The highest BCUT2D eigenvalue weighted by Gasteiger charge is 2.15. The largest absolute Gasteiger partial charge is 0.295 e. The van der Waals surface area contributed by atoms with Gasteiger partial charge in [0.15, 0.2) is 0 Å². The summed E-state index contributed by atoms with van der Waals surface area (Å²) >= 11 is 0. The molecule has 0 unspecified atom stereocenters. The Kier molecular flexibility index (Phi) is 4.90. The first-order valence-corrected chi connectivity index (χ1v) is 8.08. The molecule has 0 fully saturated rings. The minimum absolute atomic E-state index is 0.0747. The third-order valence-corrected chi connectivity index (χ3v) is 4.36. The van der Waals surface area contributed by atoms with Gasteiger partial charge in [0, 0.05) is 37.1 Å². The minimum Gasteiger partial charge on any atom is -0.295 e. The molecule has 25 heavy (non-hydrogen) atoms. The second-order valence-electron chi connectivity index (χ2n) is 6.06. The SMILES string of the molecule is C[C@H](c1cccc([N+](=O)[O-])c1)N(C)Cc1ccc(-n2cccn2)cc1. The van der Waals surface area contributed by atoms with E-state index in [1.54, 1.807) is 18.3 Å². The fourth-order valence-electron chi connectivity index (χ4n) is 2.75. The van der Waals surface area contributed by atoms with Crippen LogP contribution in [0.2, 0.25) is 0 Å². The number of nitrogens with zero attached hydrogens (tertiary/aromatic N) is 4. The molecule has 0 bridgehead atoms. The summed E-state index contributed by atoms with van der Waals surface area (Å²) in [6.45, 7) is 2.81. The van der Waals surface area contributed by atoms with E-state index in [2.05, 4.69) is 29.1 Å². The number of nitro groups is 1. The monoisotopic (exact) mass is 336 g/mol. The summed E-state index contributed by atoms with van der Waals surface area (Å²) in [5, 5.41) is 15.2. The molecule has 0 aliphatic heterocycles. The minimum atomic E-state index is -0.357.